The van der Waals surface area contributed by atoms with Crippen molar-refractivity contribution < 1.29 is 27.1 Å². The van der Waals surface area contributed by atoms with Crippen molar-refractivity contribution in [3.63, 3.8) is 0 Å². The summed E-state index contributed by atoms with van der Waals surface area (Å²) in [5, 5.41) is 2.95. The first kappa shape index (κ1) is 18.5. The van der Waals surface area contributed by atoms with Crippen molar-refractivity contribution in [2.45, 2.75) is 4.90 Å². The van der Waals surface area contributed by atoms with Gasteiger partial charge in [-0.05, 0) is 12.1 Å². The van der Waals surface area contributed by atoms with E-state index in [1.165, 1.54) is 6.07 Å². The van der Waals surface area contributed by atoms with E-state index in [-0.39, 0.29) is 6.54 Å². The largest absolute Gasteiger partial charge is 0.465 e. The van der Waals surface area contributed by atoms with Crippen LogP contribution < -0.4 is 10.0 Å². The minimum atomic E-state index is -4.02. The van der Waals surface area contributed by atoms with Gasteiger partial charge in [-0.1, -0.05) is 6.07 Å². The molecule has 1 rings (SSSR count). The molecule has 9 heteroatoms. The quantitative estimate of drug-likeness (QED) is 0.492. The molecule has 0 atom stereocenters. The van der Waals surface area contributed by atoms with Crippen LogP contribution in [0.4, 0.5) is 4.39 Å². The lowest BCUT2D eigenvalue weighted by Gasteiger charge is -2.11. The van der Waals surface area contributed by atoms with Gasteiger partial charge >= 0.3 is 5.97 Å². The average Bonchev–Trinajstić information content (AvgIpc) is 2.49. The van der Waals surface area contributed by atoms with Crippen molar-refractivity contribution >= 4 is 16.0 Å². The van der Waals surface area contributed by atoms with Crippen LogP contribution in [0.3, 0.4) is 0 Å². The second kappa shape index (κ2) is 8.79. The minimum Gasteiger partial charge on any atom is -0.465 e. The summed E-state index contributed by atoms with van der Waals surface area (Å²) in [6, 6.07) is 3.36. The predicted octanol–water partition coefficient (Wildman–Crippen LogP) is 0.127. The molecule has 22 heavy (non-hydrogen) atoms. The molecule has 0 bridgehead atoms. The van der Waals surface area contributed by atoms with Gasteiger partial charge in [-0.3, -0.25) is 0 Å². The highest BCUT2D eigenvalue weighted by atomic mass is 32.2. The Morgan fingerprint density at radius 2 is 1.95 bits per heavy atom. The van der Waals surface area contributed by atoms with Crippen LogP contribution in [0.15, 0.2) is 23.1 Å². The first-order chi connectivity index (χ1) is 10.4. The molecule has 0 saturated carbocycles. The standard InChI is InChI=1S/C13H19FN2O5S/c1-20-9-8-15-6-7-16-22(18,19)11-5-3-4-10(14)12(11)13(17)21-2/h3-5,15-16H,6-9H2,1-2H3. The summed E-state index contributed by atoms with van der Waals surface area (Å²) in [5.74, 6) is -2.00. The van der Waals surface area contributed by atoms with E-state index in [2.05, 4.69) is 14.8 Å². The molecule has 0 aliphatic heterocycles. The molecule has 0 radical (unpaired) electrons. The lowest BCUT2D eigenvalue weighted by molar-refractivity contribution is 0.0590. The number of esters is 1. The SMILES string of the molecule is COCCNCCNS(=O)(=O)c1cccc(F)c1C(=O)OC. The number of carbonyl (C=O) groups excluding carboxylic acids is 1. The summed E-state index contributed by atoms with van der Waals surface area (Å²) in [6.45, 7) is 1.53. The Morgan fingerprint density at radius 1 is 1.23 bits per heavy atom. The number of nitrogens with one attached hydrogen (secondary N) is 2. The molecule has 0 aliphatic carbocycles. The number of sulfonamides is 1. The fourth-order valence-electron chi connectivity index (χ4n) is 1.68. The average molecular weight is 334 g/mol. The first-order valence-electron chi connectivity index (χ1n) is 6.50. The number of hydrogen-bond donors (Lipinski definition) is 2. The van der Waals surface area contributed by atoms with Gasteiger partial charge in [-0.25, -0.2) is 22.3 Å². The predicted molar refractivity (Wildman–Crippen MR) is 77.7 cm³/mol. The maximum absolute atomic E-state index is 13.7. The van der Waals surface area contributed by atoms with Gasteiger partial charge in [0.15, 0.2) is 0 Å². The summed E-state index contributed by atoms with van der Waals surface area (Å²) in [5.41, 5.74) is -0.607. The van der Waals surface area contributed by atoms with E-state index in [1.807, 2.05) is 0 Å². The molecule has 7 nitrogen and oxygen atoms in total. The molecular weight excluding hydrogens is 315 g/mol. The smallest absolute Gasteiger partial charge is 0.342 e. The Hall–Kier alpha value is -1.55. The van der Waals surface area contributed by atoms with Crippen LogP contribution in [-0.4, -0.2) is 54.8 Å². The van der Waals surface area contributed by atoms with E-state index in [1.54, 1.807) is 7.11 Å². The van der Waals surface area contributed by atoms with Crippen molar-refractivity contribution in [1.82, 2.24) is 10.0 Å². The van der Waals surface area contributed by atoms with E-state index >= 15 is 0 Å². The third-order valence-electron chi connectivity index (χ3n) is 2.73. The first-order valence-corrected chi connectivity index (χ1v) is 7.98. The van der Waals surface area contributed by atoms with Crippen LogP contribution in [0, 0.1) is 5.82 Å². The summed E-state index contributed by atoms with van der Waals surface area (Å²) >= 11 is 0. The molecule has 0 unspecified atom stereocenters. The van der Waals surface area contributed by atoms with Crippen LogP contribution in [0.2, 0.25) is 0 Å². The Labute approximate surface area is 128 Å². The van der Waals surface area contributed by atoms with Crippen LogP contribution in [0.1, 0.15) is 10.4 Å². The highest BCUT2D eigenvalue weighted by Gasteiger charge is 2.25. The highest BCUT2D eigenvalue weighted by molar-refractivity contribution is 7.89. The van der Waals surface area contributed by atoms with Crippen molar-refractivity contribution in [2.75, 3.05) is 40.5 Å². The van der Waals surface area contributed by atoms with Gasteiger partial charge in [0.1, 0.15) is 11.4 Å². The Balaban J connectivity index is 2.81. The van der Waals surface area contributed by atoms with E-state index in [9.17, 15) is 17.6 Å². The fraction of sp³-hybridized carbons (Fsp3) is 0.462. The summed E-state index contributed by atoms with van der Waals surface area (Å²) in [7, 11) is -1.41. The zero-order valence-electron chi connectivity index (χ0n) is 12.4. The maximum atomic E-state index is 13.7. The molecule has 0 fully saturated rings. The molecule has 0 heterocycles. The normalized spacial score (nSPS) is 11.4. The van der Waals surface area contributed by atoms with Crippen LogP contribution in [0.25, 0.3) is 0 Å². The van der Waals surface area contributed by atoms with Gasteiger partial charge in [-0.15, -0.1) is 0 Å². The molecule has 0 aromatic heterocycles. The molecule has 2 N–H and O–H groups in total. The number of rotatable bonds is 9. The van der Waals surface area contributed by atoms with Crippen molar-refractivity contribution in [2.24, 2.45) is 0 Å². The van der Waals surface area contributed by atoms with Crippen LogP contribution >= 0.6 is 0 Å². The summed E-state index contributed by atoms with van der Waals surface area (Å²) < 4.78 is 49.6. The van der Waals surface area contributed by atoms with E-state index in [0.717, 1.165) is 19.2 Å². The van der Waals surface area contributed by atoms with Crippen LogP contribution in [0.5, 0.6) is 0 Å². The number of halogens is 1. The van der Waals surface area contributed by atoms with Crippen molar-refractivity contribution in [3.05, 3.63) is 29.6 Å². The number of carbonyl (C=O) groups is 1. The highest BCUT2D eigenvalue weighted by Crippen LogP contribution is 2.19. The monoisotopic (exact) mass is 334 g/mol. The minimum absolute atomic E-state index is 0.0865. The van der Waals surface area contributed by atoms with Gasteiger partial charge < -0.3 is 14.8 Å². The van der Waals surface area contributed by atoms with Crippen molar-refractivity contribution in [1.29, 1.82) is 0 Å². The molecule has 1 aromatic carbocycles. The van der Waals surface area contributed by atoms with E-state index < -0.39 is 32.3 Å². The maximum Gasteiger partial charge on any atom is 0.342 e. The van der Waals surface area contributed by atoms with E-state index in [0.29, 0.717) is 19.7 Å². The molecule has 0 aliphatic rings. The van der Waals surface area contributed by atoms with Gasteiger partial charge in [-0.2, -0.15) is 0 Å². The second-order valence-corrected chi connectivity index (χ2v) is 5.98. The van der Waals surface area contributed by atoms with Gasteiger partial charge in [0.2, 0.25) is 10.0 Å². The van der Waals surface area contributed by atoms with Crippen molar-refractivity contribution in [3.8, 4) is 0 Å². The molecule has 0 saturated heterocycles. The molecular formula is C13H19FN2O5S. The Bertz CT molecular complexity index is 606. The number of benzene rings is 1. The molecule has 0 spiro atoms. The number of ether oxygens (including phenoxy) is 2. The molecule has 124 valence electrons. The second-order valence-electron chi connectivity index (χ2n) is 4.25. The zero-order valence-corrected chi connectivity index (χ0v) is 13.2. The van der Waals surface area contributed by atoms with Gasteiger partial charge in [0.05, 0.1) is 18.6 Å². The summed E-state index contributed by atoms with van der Waals surface area (Å²) in [4.78, 5) is 11.1. The summed E-state index contributed by atoms with van der Waals surface area (Å²) in [6.07, 6.45) is 0. The topological polar surface area (TPSA) is 93.7 Å². The Morgan fingerprint density at radius 3 is 2.59 bits per heavy atom. The fourth-order valence-corrected chi connectivity index (χ4v) is 2.91. The number of hydrogen-bond acceptors (Lipinski definition) is 6. The lowest BCUT2D eigenvalue weighted by atomic mass is 10.2. The Kier molecular flexibility index (Phi) is 7.39. The van der Waals surface area contributed by atoms with Crippen LogP contribution in [-0.2, 0) is 19.5 Å². The molecule has 0 amide bonds. The number of methoxy groups -OCH3 is 2. The van der Waals surface area contributed by atoms with E-state index in [4.69, 9.17) is 4.74 Å². The van der Waals surface area contributed by atoms with Gasteiger partial charge in [0.25, 0.3) is 0 Å². The molecule has 1 aromatic rings. The third-order valence-corrected chi connectivity index (χ3v) is 4.23. The van der Waals surface area contributed by atoms with Gasteiger partial charge in [0, 0.05) is 26.7 Å². The third kappa shape index (κ3) is 5.02. The zero-order chi connectivity index (χ0) is 16.6. The lowest BCUT2D eigenvalue weighted by Crippen LogP contribution is -2.34.